The summed E-state index contributed by atoms with van der Waals surface area (Å²) >= 11 is 0. The molecule has 2 aromatic heterocycles. The predicted octanol–water partition coefficient (Wildman–Crippen LogP) is 15.7. The van der Waals surface area contributed by atoms with Crippen LogP contribution in [0.15, 0.2) is 146 Å². The first-order valence-electron chi connectivity index (χ1n) is 20.6. The SMILES string of the molecule is CC(C)(C)c1cc(-c2c3ccccc3c3nc4ccc5c(-c6cc(C(C)(C)C)cc7ccccc67)c6ccccc6c6nc7ccc2c3c7c4c56)c2ccccc2c1. The summed E-state index contributed by atoms with van der Waals surface area (Å²) < 4.78 is 0. The van der Waals surface area contributed by atoms with Gasteiger partial charge in [0.1, 0.15) is 0 Å². The number of fused-ring (bicyclic) bond motifs is 6. The molecule has 0 aliphatic carbocycles. The quantitative estimate of drug-likeness (QED) is 0.130. The van der Waals surface area contributed by atoms with Gasteiger partial charge >= 0.3 is 0 Å². The van der Waals surface area contributed by atoms with E-state index in [2.05, 4.69) is 187 Å². The molecule has 0 fully saturated rings. The zero-order valence-electron chi connectivity index (χ0n) is 33.8. The molecule has 276 valence electrons. The molecule has 0 amide bonds. The van der Waals surface area contributed by atoms with Gasteiger partial charge in [-0.05, 0) is 112 Å². The Labute approximate surface area is 337 Å². The van der Waals surface area contributed by atoms with Crippen molar-refractivity contribution >= 4 is 97.5 Å². The zero-order valence-corrected chi connectivity index (χ0v) is 33.8. The van der Waals surface area contributed by atoms with E-state index < -0.39 is 0 Å². The van der Waals surface area contributed by atoms with Crippen LogP contribution in [0, 0.1) is 0 Å². The molecule has 12 rings (SSSR count). The van der Waals surface area contributed by atoms with Crippen LogP contribution in [0.1, 0.15) is 52.7 Å². The normalized spacial score (nSPS) is 13.0. The lowest BCUT2D eigenvalue weighted by molar-refractivity contribution is 0.591. The topological polar surface area (TPSA) is 25.8 Å². The highest BCUT2D eigenvalue weighted by Gasteiger charge is 2.27. The molecule has 0 spiro atoms. The first-order chi connectivity index (χ1) is 28.0. The Morgan fingerprint density at radius 2 is 0.690 bits per heavy atom. The Morgan fingerprint density at radius 1 is 0.328 bits per heavy atom. The number of nitrogens with zero attached hydrogens (tertiary/aromatic N) is 2. The van der Waals surface area contributed by atoms with E-state index in [0.29, 0.717) is 0 Å². The van der Waals surface area contributed by atoms with E-state index in [-0.39, 0.29) is 10.8 Å². The second-order valence-corrected chi connectivity index (χ2v) is 18.5. The maximum Gasteiger partial charge on any atom is 0.0801 e. The highest BCUT2D eigenvalue weighted by Crippen LogP contribution is 2.51. The fourth-order valence-corrected chi connectivity index (χ4v) is 10.1. The summed E-state index contributed by atoms with van der Waals surface area (Å²) in [6.07, 6.45) is 0. The molecule has 2 nitrogen and oxygen atoms in total. The van der Waals surface area contributed by atoms with Crippen LogP contribution in [0.5, 0.6) is 0 Å². The van der Waals surface area contributed by atoms with Crippen molar-refractivity contribution in [3.05, 3.63) is 157 Å². The molecule has 2 heteroatoms. The van der Waals surface area contributed by atoms with Crippen LogP contribution >= 0.6 is 0 Å². The van der Waals surface area contributed by atoms with Crippen molar-refractivity contribution in [1.29, 1.82) is 0 Å². The van der Waals surface area contributed by atoms with Crippen LogP contribution in [0.4, 0.5) is 0 Å². The van der Waals surface area contributed by atoms with Crippen LogP contribution in [-0.2, 0) is 10.8 Å². The maximum atomic E-state index is 5.66. The Hall–Kier alpha value is -6.64. The highest BCUT2D eigenvalue weighted by atomic mass is 14.7. The number of aromatic nitrogens is 2. The van der Waals surface area contributed by atoms with Crippen LogP contribution in [-0.4, -0.2) is 9.97 Å². The van der Waals surface area contributed by atoms with Crippen LogP contribution in [0.2, 0.25) is 0 Å². The van der Waals surface area contributed by atoms with Crippen molar-refractivity contribution in [2.75, 3.05) is 0 Å². The van der Waals surface area contributed by atoms with E-state index in [9.17, 15) is 0 Å². The average molecular weight is 743 g/mol. The summed E-state index contributed by atoms with van der Waals surface area (Å²) in [5.74, 6) is 0. The number of hydrogen-bond acceptors (Lipinski definition) is 2. The summed E-state index contributed by atoms with van der Waals surface area (Å²) in [5.41, 5.74) is 11.8. The van der Waals surface area contributed by atoms with E-state index in [1.807, 2.05) is 0 Å². The largest absolute Gasteiger partial charge is 0.247 e. The minimum atomic E-state index is -0.0182. The van der Waals surface area contributed by atoms with Crippen LogP contribution < -0.4 is 0 Å². The van der Waals surface area contributed by atoms with E-state index in [0.717, 1.165) is 22.1 Å². The van der Waals surface area contributed by atoms with Gasteiger partial charge in [-0.2, -0.15) is 0 Å². The van der Waals surface area contributed by atoms with Crippen molar-refractivity contribution in [3.8, 4) is 22.3 Å². The molecule has 0 radical (unpaired) electrons. The number of benzene rings is 10. The predicted molar refractivity (Wildman–Crippen MR) is 250 cm³/mol. The van der Waals surface area contributed by atoms with Crippen molar-refractivity contribution in [3.63, 3.8) is 0 Å². The van der Waals surface area contributed by atoms with Gasteiger partial charge in [-0.3, -0.25) is 0 Å². The van der Waals surface area contributed by atoms with Crippen molar-refractivity contribution in [1.82, 2.24) is 9.97 Å². The second-order valence-electron chi connectivity index (χ2n) is 18.5. The molecule has 0 aliphatic rings. The molecule has 58 heavy (non-hydrogen) atoms. The summed E-state index contributed by atoms with van der Waals surface area (Å²) in [6, 6.07) is 54.4. The molecule has 0 unspecified atom stereocenters. The second kappa shape index (κ2) is 11.5. The lowest BCUT2D eigenvalue weighted by Gasteiger charge is -2.25. The van der Waals surface area contributed by atoms with Gasteiger partial charge in [0, 0.05) is 32.3 Å². The van der Waals surface area contributed by atoms with Gasteiger partial charge in [-0.1, -0.05) is 163 Å². The van der Waals surface area contributed by atoms with Gasteiger partial charge in [-0.15, -0.1) is 0 Å². The maximum absolute atomic E-state index is 5.66. The summed E-state index contributed by atoms with van der Waals surface area (Å²) in [5, 5.41) is 17.1. The molecular weight excluding hydrogens is 701 g/mol. The average Bonchev–Trinajstić information content (AvgIpc) is 3.23. The Balaban J connectivity index is 1.29. The fourth-order valence-electron chi connectivity index (χ4n) is 10.1. The van der Waals surface area contributed by atoms with E-state index >= 15 is 0 Å². The van der Waals surface area contributed by atoms with Crippen LogP contribution in [0.25, 0.3) is 120 Å². The Bertz CT molecular complexity index is 3440. The molecule has 12 aromatic rings. The first kappa shape index (κ1) is 33.5. The lowest BCUT2D eigenvalue weighted by atomic mass is 9.80. The van der Waals surface area contributed by atoms with Gasteiger partial charge in [0.2, 0.25) is 0 Å². The van der Waals surface area contributed by atoms with E-state index in [4.69, 9.17) is 9.97 Å². The van der Waals surface area contributed by atoms with E-state index in [1.54, 1.807) is 0 Å². The highest BCUT2D eigenvalue weighted by molar-refractivity contribution is 6.41. The third-order valence-corrected chi connectivity index (χ3v) is 13.0. The molecule has 2 heterocycles. The summed E-state index contributed by atoms with van der Waals surface area (Å²) in [6.45, 7) is 13.9. The zero-order chi connectivity index (χ0) is 39.2. The minimum Gasteiger partial charge on any atom is -0.247 e. The Kier molecular flexibility index (Phi) is 6.63. The van der Waals surface area contributed by atoms with Gasteiger partial charge in [-0.25, -0.2) is 9.97 Å². The molecule has 10 aromatic carbocycles. The fraction of sp³-hybridized carbons (Fsp3) is 0.143. The molecular formula is C56H42N2. The third-order valence-electron chi connectivity index (χ3n) is 13.0. The third kappa shape index (κ3) is 4.55. The Morgan fingerprint density at radius 3 is 1.09 bits per heavy atom. The van der Waals surface area contributed by atoms with Gasteiger partial charge in [0.15, 0.2) is 0 Å². The molecule has 0 saturated carbocycles. The van der Waals surface area contributed by atoms with Crippen molar-refractivity contribution < 1.29 is 0 Å². The van der Waals surface area contributed by atoms with Gasteiger partial charge < -0.3 is 0 Å². The molecule has 0 bridgehead atoms. The van der Waals surface area contributed by atoms with Crippen molar-refractivity contribution in [2.24, 2.45) is 0 Å². The first-order valence-corrected chi connectivity index (χ1v) is 20.6. The smallest absolute Gasteiger partial charge is 0.0801 e. The monoisotopic (exact) mass is 742 g/mol. The van der Waals surface area contributed by atoms with Gasteiger partial charge in [0.05, 0.1) is 22.1 Å². The molecule has 0 atom stereocenters. The van der Waals surface area contributed by atoms with Crippen molar-refractivity contribution in [2.45, 2.75) is 52.4 Å². The standard InChI is InChI=1S/C56H42N2/c1-55(2,3)33-27-31-15-7-9-17-35(31)43(29-33)47-37-19-11-13-21-39(37)53-49-41(47)23-25-45-51(49)52-46(57-53)26-24-42-48(38-20-12-14-22-40(38)54(58-45)50(42)52)44-30-34(56(4,5)6)28-32-16-8-10-18-36(32)44/h7-30H,1-6H3. The number of pyridine rings is 2. The van der Waals surface area contributed by atoms with Gasteiger partial charge in [0.25, 0.3) is 0 Å². The summed E-state index contributed by atoms with van der Waals surface area (Å²) in [7, 11) is 0. The molecule has 0 N–H and O–H groups in total. The minimum absolute atomic E-state index is 0.0182. The lowest BCUT2D eigenvalue weighted by Crippen LogP contribution is -2.11. The van der Waals surface area contributed by atoms with Crippen LogP contribution in [0.3, 0.4) is 0 Å². The molecule has 0 aliphatic heterocycles. The van der Waals surface area contributed by atoms with E-state index in [1.165, 1.54) is 109 Å². The molecule has 0 saturated heterocycles. The number of rotatable bonds is 2. The number of hydrogen-bond donors (Lipinski definition) is 0. The summed E-state index contributed by atoms with van der Waals surface area (Å²) in [4.78, 5) is 11.3.